The number of hydrogen-bond donors (Lipinski definition) is 1. The molecule has 2 aromatic rings. The highest BCUT2D eigenvalue weighted by Gasteiger charge is 2.26. The lowest BCUT2D eigenvalue weighted by Gasteiger charge is -2.27. The Morgan fingerprint density at radius 2 is 1.26 bits per heavy atom. The number of hydrogen-bond acceptors (Lipinski definition) is 2. The molecular formula is C17H18OS. The van der Waals surface area contributed by atoms with Crippen LogP contribution in [-0.2, 0) is 17.6 Å². The van der Waals surface area contributed by atoms with Gasteiger partial charge in [0.25, 0.3) is 0 Å². The fourth-order valence-electron chi connectivity index (χ4n) is 2.31. The molecule has 0 amide bonds. The van der Waals surface area contributed by atoms with E-state index in [0.717, 1.165) is 19.1 Å². The topological polar surface area (TPSA) is 17.1 Å². The molecule has 0 saturated carbocycles. The molecule has 0 aliphatic carbocycles. The number of carbonyl (C=O) groups excluding carboxylic acids is 1. The summed E-state index contributed by atoms with van der Waals surface area (Å²) in [5.74, 6) is 0. The predicted octanol–water partition coefficient (Wildman–Crippen LogP) is 3.73. The second-order valence-electron chi connectivity index (χ2n) is 4.92. The first-order chi connectivity index (χ1) is 9.22. The highest BCUT2D eigenvalue weighted by atomic mass is 32.1. The molecule has 0 heterocycles. The number of carbonyl (C=O) groups is 1. The SMILES string of the molecule is O=CCC(S)(Cc1ccccc1)Cc1ccccc1. The van der Waals surface area contributed by atoms with E-state index in [2.05, 4.69) is 24.3 Å². The lowest BCUT2D eigenvalue weighted by atomic mass is 9.89. The van der Waals surface area contributed by atoms with Crippen molar-refractivity contribution in [1.29, 1.82) is 0 Å². The maximum Gasteiger partial charge on any atom is 0.121 e. The molecule has 0 aromatic heterocycles. The van der Waals surface area contributed by atoms with Crippen LogP contribution >= 0.6 is 12.6 Å². The Balaban J connectivity index is 2.15. The van der Waals surface area contributed by atoms with Gasteiger partial charge in [-0.1, -0.05) is 60.7 Å². The van der Waals surface area contributed by atoms with Crippen molar-refractivity contribution in [3.8, 4) is 0 Å². The average molecular weight is 270 g/mol. The monoisotopic (exact) mass is 270 g/mol. The van der Waals surface area contributed by atoms with E-state index in [-0.39, 0.29) is 4.75 Å². The van der Waals surface area contributed by atoms with Crippen molar-refractivity contribution in [2.24, 2.45) is 0 Å². The Morgan fingerprint density at radius 1 is 0.842 bits per heavy atom. The normalized spacial score (nSPS) is 11.2. The van der Waals surface area contributed by atoms with Gasteiger partial charge in [-0.15, -0.1) is 0 Å². The maximum absolute atomic E-state index is 11.0. The van der Waals surface area contributed by atoms with E-state index in [9.17, 15) is 4.79 Å². The predicted molar refractivity (Wildman–Crippen MR) is 82.7 cm³/mol. The number of rotatable bonds is 6. The lowest BCUT2D eigenvalue weighted by molar-refractivity contribution is -0.108. The lowest BCUT2D eigenvalue weighted by Crippen LogP contribution is -2.28. The Labute approximate surface area is 120 Å². The Morgan fingerprint density at radius 3 is 1.63 bits per heavy atom. The smallest absolute Gasteiger partial charge is 0.121 e. The first-order valence-corrected chi connectivity index (χ1v) is 6.90. The van der Waals surface area contributed by atoms with Crippen LogP contribution < -0.4 is 0 Å². The summed E-state index contributed by atoms with van der Waals surface area (Å²) in [7, 11) is 0. The van der Waals surface area contributed by atoms with Gasteiger partial charge < -0.3 is 4.79 Å². The number of benzene rings is 2. The summed E-state index contributed by atoms with van der Waals surface area (Å²) in [5.41, 5.74) is 2.44. The fourth-order valence-corrected chi connectivity index (χ4v) is 2.75. The molecule has 0 aliphatic heterocycles. The van der Waals surface area contributed by atoms with Crippen LogP contribution in [0.1, 0.15) is 17.5 Å². The molecule has 0 fully saturated rings. The average Bonchev–Trinajstić information content (AvgIpc) is 2.41. The van der Waals surface area contributed by atoms with E-state index >= 15 is 0 Å². The fraction of sp³-hybridized carbons (Fsp3) is 0.235. The highest BCUT2D eigenvalue weighted by Crippen LogP contribution is 2.28. The van der Waals surface area contributed by atoms with Crippen molar-refractivity contribution in [2.45, 2.75) is 24.0 Å². The molecule has 2 aromatic carbocycles. The van der Waals surface area contributed by atoms with E-state index in [1.54, 1.807) is 0 Å². The van der Waals surface area contributed by atoms with Gasteiger partial charge in [0.1, 0.15) is 6.29 Å². The van der Waals surface area contributed by atoms with Crippen LogP contribution in [0.4, 0.5) is 0 Å². The second kappa shape index (κ2) is 6.58. The van der Waals surface area contributed by atoms with Gasteiger partial charge in [-0.05, 0) is 24.0 Å². The van der Waals surface area contributed by atoms with Gasteiger partial charge in [0.15, 0.2) is 0 Å². The van der Waals surface area contributed by atoms with Crippen molar-refractivity contribution in [3.05, 3.63) is 71.8 Å². The first kappa shape index (κ1) is 13.9. The Hall–Kier alpha value is -1.54. The van der Waals surface area contributed by atoms with Crippen molar-refractivity contribution in [1.82, 2.24) is 0 Å². The standard InChI is InChI=1S/C17H18OS/c18-12-11-17(19,13-15-7-3-1-4-8-15)14-16-9-5-2-6-10-16/h1-10,12,19H,11,13-14H2. The van der Waals surface area contributed by atoms with Crippen LogP contribution in [-0.4, -0.2) is 11.0 Å². The maximum atomic E-state index is 11.0. The summed E-state index contributed by atoms with van der Waals surface area (Å²) in [6.45, 7) is 0. The van der Waals surface area contributed by atoms with E-state index in [0.29, 0.717) is 6.42 Å². The molecule has 0 unspecified atom stereocenters. The molecule has 19 heavy (non-hydrogen) atoms. The number of aldehydes is 1. The highest BCUT2D eigenvalue weighted by molar-refractivity contribution is 7.81. The summed E-state index contributed by atoms with van der Waals surface area (Å²) < 4.78 is -0.315. The molecule has 98 valence electrons. The minimum absolute atomic E-state index is 0.315. The summed E-state index contributed by atoms with van der Waals surface area (Å²) in [4.78, 5) is 11.0. The summed E-state index contributed by atoms with van der Waals surface area (Å²) in [5, 5.41) is 0. The van der Waals surface area contributed by atoms with Crippen LogP contribution in [0.25, 0.3) is 0 Å². The van der Waals surface area contributed by atoms with E-state index in [4.69, 9.17) is 12.6 Å². The quantitative estimate of drug-likeness (QED) is 0.625. The van der Waals surface area contributed by atoms with Crippen LogP contribution in [0.15, 0.2) is 60.7 Å². The minimum atomic E-state index is -0.315. The number of thiol groups is 1. The third-order valence-corrected chi connectivity index (χ3v) is 3.71. The van der Waals surface area contributed by atoms with Gasteiger partial charge in [0, 0.05) is 11.2 Å². The zero-order chi connectivity index (χ0) is 13.6. The summed E-state index contributed by atoms with van der Waals surface area (Å²) in [6.07, 6.45) is 3.02. The molecule has 0 radical (unpaired) electrons. The molecule has 0 atom stereocenters. The van der Waals surface area contributed by atoms with Crippen LogP contribution in [0, 0.1) is 0 Å². The zero-order valence-electron chi connectivity index (χ0n) is 10.8. The van der Waals surface area contributed by atoms with Crippen molar-refractivity contribution in [3.63, 3.8) is 0 Å². The molecule has 0 spiro atoms. The minimum Gasteiger partial charge on any atom is -0.303 e. The second-order valence-corrected chi connectivity index (χ2v) is 5.87. The van der Waals surface area contributed by atoms with Gasteiger partial charge in [0.2, 0.25) is 0 Å². The zero-order valence-corrected chi connectivity index (χ0v) is 11.7. The van der Waals surface area contributed by atoms with Crippen molar-refractivity contribution >= 4 is 18.9 Å². The molecule has 0 N–H and O–H groups in total. The van der Waals surface area contributed by atoms with Crippen LogP contribution in [0.2, 0.25) is 0 Å². The van der Waals surface area contributed by atoms with Gasteiger partial charge in [-0.3, -0.25) is 0 Å². The Kier molecular flexibility index (Phi) is 4.80. The molecule has 0 bridgehead atoms. The van der Waals surface area contributed by atoms with E-state index in [1.165, 1.54) is 11.1 Å². The summed E-state index contributed by atoms with van der Waals surface area (Å²) >= 11 is 4.79. The van der Waals surface area contributed by atoms with Gasteiger partial charge >= 0.3 is 0 Å². The van der Waals surface area contributed by atoms with Crippen LogP contribution in [0.5, 0.6) is 0 Å². The van der Waals surface area contributed by atoms with E-state index in [1.807, 2.05) is 36.4 Å². The molecule has 0 saturated heterocycles. The van der Waals surface area contributed by atoms with E-state index < -0.39 is 0 Å². The van der Waals surface area contributed by atoms with Gasteiger partial charge in [0.05, 0.1) is 0 Å². The first-order valence-electron chi connectivity index (χ1n) is 6.46. The van der Waals surface area contributed by atoms with Gasteiger partial charge in [-0.2, -0.15) is 12.6 Å². The summed E-state index contributed by atoms with van der Waals surface area (Å²) in [6, 6.07) is 20.4. The van der Waals surface area contributed by atoms with Crippen LogP contribution in [0.3, 0.4) is 0 Å². The van der Waals surface area contributed by atoms with Gasteiger partial charge in [-0.25, -0.2) is 0 Å². The molecule has 2 heteroatoms. The molecular weight excluding hydrogens is 252 g/mol. The molecule has 2 rings (SSSR count). The third-order valence-electron chi connectivity index (χ3n) is 3.22. The third kappa shape index (κ3) is 4.25. The molecule has 0 aliphatic rings. The van der Waals surface area contributed by atoms with Crippen molar-refractivity contribution in [2.75, 3.05) is 0 Å². The van der Waals surface area contributed by atoms with Crippen molar-refractivity contribution < 1.29 is 4.79 Å². The Bertz CT molecular complexity index is 466. The largest absolute Gasteiger partial charge is 0.303 e. The molecule has 1 nitrogen and oxygen atoms in total.